The lowest BCUT2D eigenvalue weighted by atomic mass is 9.98. The van der Waals surface area contributed by atoms with E-state index in [2.05, 4.69) is 34.6 Å². The van der Waals surface area contributed by atoms with Crippen LogP contribution in [0.3, 0.4) is 0 Å². The molecule has 0 aliphatic rings. The van der Waals surface area contributed by atoms with Crippen LogP contribution in [0.15, 0.2) is 0 Å². The molecule has 0 aromatic rings. The number of ether oxygens (including phenoxy) is 6. The van der Waals surface area contributed by atoms with Crippen molar-refractivity contribution in [3.63, 3.8) is 0 Å². The summed E-state index contributed by atoms with van der Waals surface area (Å²) in [5.74, 6) is -1.04. The van der Waals surface area contributed by atoms with Gasteiger partial charge >= 0.3 is 0 Å². The maximum absolute atomic E-state index is 5.84. The third kappa shape index (κ3) is 40.8. The molecule has 0 unspecified atom stereocenters. The Labute approximate surface area is 224 Å². The first kappa shape index (κ1) is 42.7. The zero-order chi connectivity index (χ0) is 28.0. The highest BCUT2D eigenvalue weighted by molar-refractivity contribution is 4.72. The lowest BCUT2D eigenvalue weighted by Gasteiger charge is -2.32. The number of hydrogen-bond acceptors (Lipinski definition) is 9. The number of rotatable bonds is 17. The van der Waals surface area contributed by atoms with Crippen LogP contribution in [0.5, 0.6) is 0 Å². The molecule has 0 aromatic heterocycles. The topological polar surface area (TPSA) is 133 Å². The summed E-state index contributed by atoms with van der Waals surface area (Å²) in [6.45, 7) is 27.3. The van der Waals surface area contributed by atoms with Gasteiger partial charge in [0.15, 0.2) is 11.6 Å². The first-order chi connectivity index (χ1) is 15.9. The fraction of sp³-hybridized carbons (Fsp3) is 1.00. The molecule has 0 amide bonds. The van der Waals surface area contributed by atoms with Crippen LogP contribution in [0.2, 0.25) is 0 Å². The van der Waals surface area contributed by atoms with Gasteiger partial charge < -0.3 is 45.6 Å². The Morgan fingerprint density at radius 1 is 0.556 bits per heavy atom. The molecule has 224 valence electrons. The summed E-state index contributed by atoms with van der Waals surface area (Å²) < 4.78 is 32.0. The summed E-state index contributed by atoms with van der Waals surface area (Å²) in [6.07, 6.45) is 2.04. The summed E-state index contributed by atoms with van der Waals surface area (Å²) in [5, 5.41) is 0. The summed E-state index contributed by atoms with van der Waals surface area (Å²) in [4.78, 5) is 0. The molecule has 0 radical (unpaired) electrons. The van der Waals surface area contributed by atoms with Gasteiger partial charge in [-0.3, -0.25) is 0 Å². The van der Waals surface area contributed by atoms with Gasteiger partial charge in [-0.25, -0.2) is 0 Å². The Balaban J connectivity index is -0.000000218. The average molecular weight is 528 g/mol. The highest BCUT2D eigenvalue weighted by Gasteiger charge is 2.25. The molecule has 6 N–H and O–H groups in total. The van der Waals surface area contributed by atoms with Crippen LogP contribution in [-0.4, -0.2) is 76.6 Å². The normalized spacial score (nSPS) is 12.2. The van der Waals surface area contributed by atoms with Crippen molar-refractivity contribution in [1.82, 2.24) is 0 Å². The van der Waals surface area contributed by atoms with E-state index in [1.54, 1.807) is 0 Å². The largest absolute Gasteiger partial charge is 0.355 e. The summed E-state index contributed by atoms with van der Waals surface area (Å²) in [7, 11) is 0. The van der Waals surface area contributed by atoms with Crippen molar-refractivity contribution in [3.05, 3.63) is 0 Å². The van der Waals surface area contributed by atoms with Crippen molar-refractivity contribution >= 4 is 0 Å². The number of nitrogens with two attached hydrogens (primary N) is 3. The molecule has 0 saturated heterocycles. The van der Waals surface area contributed by atoms with Crippen LogP contribution in [0.25, 0.3) is 0 Å². The van der Waals surface area contributed by atoms with Crippen LogP contribution in [0.4, 0.5) is 0 Å². The van der Waals surface area contributed by atoms with E-state index in [0.29, 0.717) is 46.3 Å². The molecule has 9 nitrogen and oxygen atoms in total. The monoisotopic (exact) mass is 527 g/mol. The second-order valence-corrected chi connectivity index (χ2v) is 11.1. The molecular formula is C27H65N3O6. The maximum Gasteiger partial charge on any atom is 0.162 e. The predicted octanol–water partition coefficient (Wildman–Crippen LogP) is 4.65. The van der Waals surface area contributed by atoms with Gasteiger partial charge in [0.2, 0.25) is 0 Å². The molecule has 0 aliphatic heterocycles. The lowest BCUT2D eigenvalue weighted by Crippen LogP contribution is -2.42. The number of hydrogen-bond donors (Lipinski definition) is 3. The van der Waals surface area contributed by atoms with Gasteiger partial charge in [-0.15, -0.1) is 0 Å². The van der Waals surface area contributed by atoms with E-state index in [4.69, 9.17) is 45.6 Å². The molecule has 0 bridgehead atoms. The molecule has 0 fully saturated rings. The quantitative estimate of drug-likeness (QED) is 0.183. The van der Waals surface area contributed by atoms with Crippen LogP contribution < -0.4 is 17.2 Å². The molecule has 0 atom stereocenters. The van der Waals surface area contributed by atoms with Crippen molar-refractivity contribution < 1.29 is 28.4 Å². The first-order valence-corrected chi connectivity index (χ1v) is 12.9. The van der Waals surface area contributed by atoms with Gasteiger partial charge in [-0.2, -0.15) is 0 Å². The second kappa shape index (κ2) is 23.7. The molecule has 0 aliphatic carbocycles. The average Bonchev–Trinajstić information content (AvgIpc) is 2.74. The van der Waals surface area contributed by atoms with Crippen molar-refractivity contribution in [2.75, 3.05) is 59.5 Å². The third-order valence-corrected chi connectivity index (χ3v) is 3.64. The minimum absolute atomic E-state index is 0. The molecule has 0 rings (SSSR count). The van der Waals surface area contributed by atoms with Crippen molar-refractivity contribution in [3.8, 4) is 0 Å². The lowest BCUT2D eigenvalue weighted by molar-refractivity contribution is -0.229. The van der Waals surface area contributed by atoms with E-state index in [1.165, 1.54) is 0 Å². The van der Waals surface area contributed by atoms with Crippen LogP contribution in [0.1, 0.15) is 96.4 Å². The van der Waals surface area contributed by atoms with Gasteiger partial charge in [0.25, 0.3) is 0 Å². The minimum Gasteiger partial charge on any atom is -0.355 e. The Morgan fingerprint density at radius 2 is 0.972 bits per heavy atom. The highest BCUT2D eigenvalue weighted by Crippen LogP contribution is 2.20. The molecule has 0 spiro atoms. The van der Waals surface area contributed by atoms with Crippen LogP contribution >= 0.6 is 0 Å². The van der Waals surface area contributed by atoms with Crippen LogP contribution in [0, 0.1) is 5.41 Å². The van der Waals surface area contributed by atoms with Gasteiger partial charge in [0.05, 0.1) is 26.4 Å². The Hall–Kier alpha value is -0.360. The van der Waals surface area contributed by atoms with Gasteiger partial charge in [0.1, 0.15) is 6.79 Å². The van der Waals surface area contributed by atoms with Gasteiger partial charge in [0, 0.05) is 31.8 Å². The van der Waals surface area contributed by atoms with E-state index in [1.807, 2.05) is 41.5 Å². The molecule has 9 heteroatoms. The molecular weight excluding hydrogens is 462 g/mol. The van der Waals surface area contributed by atoms with E-state index in [0.717, 1.165) is 26.1 Å². The fourth-order valence-corrected chi connectivity index (χ4v) is 1.89. The van der Waals surface area contributed by atoms with Gasteiger partial charge in [-0.1, -0.05) is 42.0 Å². The summed E-state index contributed by atoms with van der Waals surface area (Å²) in [5.41, 5.74) is 16.1. The minimum atomic E-state index is -0.566. The van der Waals surface area contributed by atoms with E-state index < -0.39 is 11.6 Å². The van der Waals surface area contributed by atoms with Crippen LogP contribution in [-0.2, 0) is 28.4 Å². The highest BCUT2D eigenvalue weighted by atomic mass is 16.7. The fourth-order valence-electron chi connectivity index (χ4n) is 1.89. The van der Waals surface area contributed by atoms with Crippen molar-refractivity contribution in [2.45, 2.75) is 114 Å². The Bertz CT molecular complexity index is 414. The maximum atomic E-state index is 5.84. The molecule has 36 heavy (non-hydrogen) atoms. The standard InChI is InChI=1S/C12H27NO2.C8H19NO2.C6H15NO2.CH4/c1-10(2,3)8-14-12(6,7)15-9-11(4,5)13;1-4-6-10-8(2,3)11-7-5-9;1-2-4-8-6-9-5-3-7;/h8-9,13H2,1-7H3;4-7,9H2,1-3H3;2-7H2,1H3;1H4. The first-order valence-electron chi connectivity index (χ1n) is 12.9. The zero-order valence-corrected chi connectivity index (χ0v) is 25.0. The third-order valence-electron chi connectivity index (χ3n) is 3.64. The Morgan fingerprint density at radius 3 is 1.39 bits per heavy atom. The Kier molecular flexibility index (Phi) is 28.2. The summed E-state index contributed by atoms with van der Waals surface area (Å²) >= 11 is 0. The molecule has 0 aromatic carbocycles. The smallest absolute Gasteiger partial charge is 0.162 e. The second-order valence-electron chi connectivity index (χ2n) is 11.1. The molecule has 0 saturated carbocycles. The van der Waals surface area contributed by atoms with E-state index in [-0.39, 0.29) is 18.4 Å². The SMILES string of the molecule is C.CC(C)(C)COC(C)(C)OCC(C)(C)N.CCCOC(C)(C)OCCN.CCCOCOCCN. The summed E-state index contributed by atoms with van der Waals surface area (Å²) in [6, 6.07) is 0. The van der Waals surface area contributed by atoms with Gasteiger partial charge in [-0.05, 0) is 59.8 Å². The van der Waals surface area contributed by atoms with E-state index >= 15 is 0 Å². The predicted molar refractivity (Wildman–Crippen MR) is 152 cm³/mol. The zero-order valence-electron chi connectivity index (χ0n) is 25.0. The molecule has 0 heterocycles. The van der Waals surface area contributed by atoms with Crippen molar-refractivity contribution in [1.29, 1.82) is 0 Å². The van der Waals surface area contributed by atoms with Crippen molar-refractivity contribution in [2.24, 2.45) is 22.6 Å². The van der Waals surface area contributed by atoms with E-state index in [9.17, 15) is 0 Å².